The van der Waals surface area contributed by atoms with E-state index in [0.717, 1.165) is 31.2 Å². The third kappa shape index (κ3) is 23.1. The van der Waals surface area contributed by atoms with Crippen molar-refractivity contribution < 1.29 is 77.1 Å². The monoisotopic (exact) mass is 1420 g/mol. The number of amides is 7. The third-order valence-corrected chi connectivity index (χ3v) is 21.4. The molecule has 25 nitrogen and oxygen atoms in total. The van der Waals surface area contributed by atoms with Crippen molar-refractivity contribution in [2.75, 3.05) is 54.6 Å². The lowest BCUT2D eigenvalue weighted by molar-refractivity contribution is -0.203. The molecule has 3 fully saturated rings. The molecule has 570 valence electrons. The smallest absolute Gasteiger partial charge is 0.408 e. The van der Waals surface area contributed by atoms with E-state index in [2.05, 4.69) is 33.6 Å². The number of benzene rings is 1. The molecule has 3 aliphatic rings. The van der Waals surface area contributed by atoms with Gasteiger partial charge in [-0.1, -0.05) is 112 Å². The highest BCUT2D eigenvalue weighted by molar-refractivity contribution is 5.91. The minimum Gasteiger partial charge on any atom is -0.494 e. The van der Waals surface area contributed by atoms with Crippen molar-refractivity contribution in [2.24, 2.45) is 29.1 Å². The summed E-state index contributed by atoms with van der Waals surface area (Å²) in [5, 5.41) is 28.6. The molecule has 2 aromatic rings. The molecule has 1 aromatic carbocycles. The second-order valence-corrected chi connectivity index (χ2v) is 30.5. The van der Waals surface area contributed by atoms with E-state index in [0.29, 0.717) is 89.6 Å². The summed E-state index contributed by atoms with van der Waals surface area (Å²) in [5.74, 6) is -4.28. The highest BCUT2D eigenvalue weighted by atomic mass is 16.7. The number of carbonyl (C=O) groups is 9. The van der Waals surface area contributed by atoms with Gasteiger partial charge in [0.1, 0.15) is 29.6 Å². The molecule has 25 heteroatoms. The number of hydrogen-bond acceptors (Lipinski definition) is 17. The fraction of sp³-hybridized carbons (Fsp3) is 0.750. The topological polar surface area (TPSA) is 306 Å². The number of nitrogens with zero attached hydrogens (tertiary/aromatic N) is 5. The number of Topliss-reactive ketones (excluding diaryl/α,β-unsaturated/α-hetero) is 1. The summed E-state index contributed by atoms with van der Waals surface area (Å²) < 4.78 is 24.9. The Morgan fingerprint density at radius 1 is 0.762 bits per heavy atom. The molecule has 5 rings (SSSR count). The van der Waals surface area contributed by atoms with E-state index in [1.807, 2.05) is 92.3 Å². The second kappa shape index (κ2) is 39.2. The lowest BCUT2D eigenvalue weighted by Gasteiger charge is -2.41. The number of nitrogens with one attached hydrogen (secondary N) is 4. The Kier molecular flexibility index (Phi) is 32.9. The van der Waals surface area contributed by atoms with Gasteiger partial charge in [-0.05, 0) is 153 Å². The summed E-state index contributed by atoms with van der Waals surface area (Å²) in [4.78, 5) is 137. The van der Waals surface area contributed by atoms with Gasteiger partial charge in [0, 0.05) is 77.7 Å². The first kappa shape index (κ1) is 84.8. The minimum absolute atomic E-state index is 0.00462. The van der Waals surface area contributed by atoms with Crippen molar-refractivity contribution >= 4 is 53.3 Å². The highest BCUT2D eigenvalue weighted by Crippen LogP contribution is 2.63. The molecule has 0 bridgehead atoms. The van der Waals surface area contributed by atoms with Crippen LogP contribution in [0.5, 0.6) is 11.8 Å². The standard InChI is InChI=1S/C76H125N9O16/c1-19-50(8)66(58(97-17)46-61(89)83-42-31-35-56(83)67(98-18)51(9)57(86)36-30-39-76(72(95)85-43-28-29-44-99-85)47-55(76)53-33-24-22-25-34-53)82(16)71(94)63(48(4)5)77-69(92)65(49(6)7)81(15)40-32-38-62(90)100-52(10)64(78-73(96)101-74(11,12)13)68(91)80-79-59(87)37-26-23-27-41-84-60(88)45-54(70(84)93)75(14,20-2)21-3/h22,24-25,33-34,45,48-52,55-56,58,63-67,88,93H,19-21,23,26-32,35-44,46-47H2,1-18H3,(H,77,92)(H,78,96)(H,79,87)(H,80,91). The van der Waals surface area contributed by atoms with Gasteiger partial charge in [0.15, 0.2) is 11.8 Å². The van der Waals surface area contributed by atoms with Gasteiger partial charge in [0.05, 0.1) is 48.8 Å². The maximum Gasteiger partial charge on any atom is 0.408 e. The fourth-order valence-corrected chi connectivity index (χ4v) is 14.8. The summed E-state index contributed by atoms with van der Waals surface area (Å²) in [6, 6.07) is 7.48. The van der Waals surface area contributed by atoms with Gasteiger partial charge in [-0.3, -0.25) is 63.5 Å². The molecule has 0 spiro atoms. The average Bonchev–Trinajstić information content (AvgIpc) is 1.57. The quantitative estimate of drug-likeness (QED) is 0.0205. The number of hydrazine groups is 1. The number of likely N-dealkylation sites (N-methyl/N-ethyl adjacent to an activating group) is 2. The molecule has 1 aromatic heterocycles. The van der Waals surface area contributed by atoms with E-state index in [1.54, 1.807) is 62.9 Å². The fourth-order valence-electron chi connectivity index (χ4n) is 14.8. The molecular formula is C76H125N9O16. The lowest BCUT2D eigenvalue weighted by atomic mass is 9.79. The summed E-state index contributed by atoms with van der Waals surface area (Å²) in [7, 11) is 6.55. The number of hydroxylamine groups is 2. The Bertz CT molecular complexity index is 3030. The molecule has 0 radical (unpaired) electrons. The van der Waals surface area contributed by atoms with Crippen LogP contribution >= 0.6 is 0 Å². The van der Waals surface area contributed by atoms with E-state index in [1.165, 1.54) is 18.6 Å². The molecule has 7 amide bonds. The molecule has 1 aliphatic carbocycles. The summed E-state index contributed by atoms with van der Waals surface area (Å²) in [5.41, 5.74) is 4.63. The largest absolute Gasteiger partial charge is 0.494 e. The van der Waals surface area contributed by atoms with Crippen LogP contribution in [0.1, 0.15) is 230 Å². The molecule has 12 atom stereocenters. The zero-order valence-electron chi connectivity index (χ0n) is 64.1. The minimum atomic E-state index is -1.50. The molecule has 2 aliphatic heterocycles. The Hall–Kier alpha value is -6.83. The van der Waals surface area contributed by atoms with Crippen LogP contribution in [0.3, 0.4) is 0 Å². The number of methoxy groups -OCH3 is 2. The van der Waals surface area contributed by atoms with Gasteiger partial charge in [0.25, 0.3) is 11.8 Å². The number of esters is 1. The summed E-state index contributed by atoms with van der Waals surface area (Å²) in [6.45, 7) is 27.9. The first-order chi connectivity index (χ1) is 47.6. The number of unbranched alkanes of at least 4 members (excludes halogenated alkanes) is 2. The van der Waals surface area contributed by atoms with Gasteiger partial charge in [-0.25, -0.2) is 9.86 Å². The number of hydrogen-bond donors (Lipinski definition) is 6. The van der Waals surface area contributed by atoms with Crippen molar-refractivity contribution in [3.8, 4) is 11.8 Å². The van der Waals surface area contributed by atoms with Crippen LogP contribution in [0.25, 0.3) is 0 Å². The van der Waals surface area contributed by atoms with Gasteiger partial charge < -0.3 is 49.6 Å². The van der Waals surface area contributed by atoms with Gasteiger partial charge in [-0.2, -0.15) is 0 Å². The van der Waals surface area contributed by atoms with Crippen molar-refractivity contribution in [1.82, 2.24) is 45.8 Å². The number of likely N-dealkylation sites (tertiary alicyclic amines) is 1. The van der Waals surface area contributed by atoms with Crippen LogP contribution in [0.15, 0.2) is 36.4 Å². The van der Waals surface area contributed by atoms with E-state index in [4.69, 9.17) is 23.8 Å². The zero-order valence-corrected chi connectivity index (χ0v) is 64.1. The maximum atomic E-state index is 14.9. The summed E-state index contributed by atoms with van der Waals surface area (Å²) >= 11 is 0. The Labute approximate surface area is 601 Å². The number of aromatic nitrogens is 1. The van der Waals surface area contributed by atoms with Crippen molar-refractivity contribution in [3.63, 3.8) is 0 Å². The predicted octanol–water partition coefficient (Wildman–Crippen LogP) is 9.77. The first-order valence-corrected chi connectivity index (χ1v) is 37.2. The number of ketones is 1. The number of aromatic hydroxyl groups is 2. The first-order valence-electron chi connectivity index (χ1n) is 37.2. The molecule has 3 heterocycles. The number of alkyl carbamates (subject to hydrolysis) is 1. The van der Waals surface area contributed by atoms with Gasteiger partial charge in [-0.15, -0.1) is 0 Å². The van der Waals surface area contributed by atoms with Crippen LogP contribution in [0, 0.1) is 29.1 Å². The molecule has 6 N–H and O–H groups in total. The average molecular weight is 1420 g/mol. The Morgan fingerprint density at radius 3 is 2.04 bits per heavy atom. The SMILES string of the molecule is CCC(C)C(C(CC(=O)N1CCCC1C(OC)C(C)C(=O)CCCC1(C(=O)N2CCCCO2)CC1c1ccccc1)OC)N(C)C(=O)C(NC(=O)C(C(C)C)N(C)CCCC(=O)OC(C)C(NC(=O)OC(C)(C)C)C(=O)NNC(=O)CCCCCn1c(O)cc(C(C)(CC)CC)c1O)C(C)C. The number of carbonyl (C=O) groups excluding carboxylic acids is 9. The molecule has 1 saturated carbocycles. The number of ether oxygens (including phenoxy) is 4. The van der Waals surface area contributed by atoms with E-state index in [9.17, 15) is 53.4 Å². The maximum absolute atomic E-state index is 14.9. The zero-order chi connectivity index (χ0) is 75.3. The third-order valence-electron chi connectivity index (χ3n) is 21.4. The van der Waals surface area contributed by atoms with Crippen molar-refractivity contribution in [2.45, 2.75) is 285 Å². The van der Waals surface area contributed by atoms with Crippen LogP contribution in [0.4, 0.5) is 4.79 Å². The van der Waals surface area contributed by atoms with Gasteiger partial charge >= 0.3 is 12.1 Å². The van der Waals surface area contributed by atoms with Crippen molar-refractivity contribution in [3.05, 3.63) is 47.5 Å². The lowest BCUT2D eigenvalue weighted by Crippen LogP contribution is -2.60. The molecule has 101 heavy (non-hydrogen) atoms. The van der Waals surface area contributed by atoms with Crippen LogP contribution in [0.2, 0.25) is 0 Å². The van der Waals surface area contributed by atoms with E-state index in [-0.39, 0.29) is 109 Å². The van der Waals surface area contributed by atoms with Crippen LogP contribution in [-0.2, 0) is 74.1 Å². The van der Waals surface area contributed by atoms with Crippen molar-refractivity contribution in [1.29, 1.82) is 0 Å². The van der Waals surface area contributed by atoms with E-state index >= 15 is 0 Å². The van der Waals surface area contributed by atoms with Crippen LogP contribution < -0.4 is 21.5 Å². The molecular weight excluding hydrogens is 1290 g/mol. The predicted molar refractivity (Wildman–Crippen MR) is 385 cm³/mol. The van der Waals surface area contributed by atoms with E-state index < -0.39 is 89.2 Å². The highest BCUT2D eigenvalue weighted by Gasteiger charge is 2.61. The molecule has 2 saturated heterocycles. The Balaban J connectivity index is 1.15. The normalized spacial score (nSPS) is 19.9. The number of rotatable bonds is 40. The van der Waals surface area contributed by atoms with Gasteiger partial charge in [0.2, 0.25) is 23.6 Å². The Morgan fingerprint density at radius 2 is 1.45 bits per heavy atom. The molecule has 12 unspecified atom stereocenters. The second-order valence-electron chi connectivity index (χ2n) is 30.5. The van der Waals surface area contributed by atoms with Crippen LogP contribution in [-0.4, -0.2) is 197 Å². The summed E-state index contributed by atoms with van der Waals surface area (Å²) in [6.07, 6.45) is 5.46.